The summed E-state index contributed by atoms with van der Waals surface area (Å²) in [7, 11) is 2.09. The summed E-state index contributed by atoms with van der Waals surface area (Å²) in [5.41, 5.74) is 0.287. The topological polar surface area (TPSA) is 43.8 Å². The van der Waals surface area contributed by atoms with Gasteiger partial charge >= 0.3 is 5.97 Å². The quantitative estimate of drug-likeness (QED) is 0.661. The maximum absolute atomic E-state index is 10.6. The van der Waals surface area contributed by atoms with Crippen molar-refractivity contribution in [3.63, 3.8) is 0 Å². The second-order valence-corrected chi connectivity index (χ2v) is 3.84. The van der Waals surface area contributed by atoms with Gasteiger partial charge in [-0.05, 0) is 26.6 Å². The molecule has 1 N–H and O–H groups in total. The van der Waals surface area contributed by atoms with Crippen molar-refractivity contribution in [3.05, 3.63) is 12.2 Å². The average Bonchev–Trinajstić information content (AvgIpc) is 2.31. The van der Waals surface area contributed by atoms with Gasteiger partial charge in [-0.1, -0.05) is 6.58 Å². The standard InChI is InChI=1S/C10H18N2O2/c1-9(10(13)14)8-12-5-3-4-11(2)6-7-12/h1,3-8H2,2H3,(H,13,14). The van der Waals surface area contributed by atoms with Crippen LogP contribution in [0.25, 0.3) is 0 Å². The molecule has 0 aliphatic carbocycles. The van der Waals surface area contributed by atoms with E-state index >= 15 is 0 Å². The molecule has 0 spiro atoms. The average molecular weight is 198 g/mol. The van der Waals surface area contributed by atoms with Crippen LogP contribution in [0.15, 0.2) is 12.2 Å². The van der Waals surface area contributed by atoms with E-state index in [0.29, 0.717) is 6.54 Å². The molecule has 4 nitrogen and oxygen atoms in total. The van der Waals surface area contributed by atoms with Gasteiger partial charge in [-0.25, -0.2) is 4.79 Å². The minimum absolute atomic E-state index is 0.287. The molecule has 0 aromatic carbocycles. The first-order valence-corrected chi connectivity index (χ1v) is 4.91. The van der Waals surface area contributed by atoms with Gasteiger partial charge in [-0.15, -0.1) is 0 Å². The number of rotatable bonds is 3. The summed E-state index contributed by atoms with van der Waals surface area (Å²) in [6, 6.07) is 0. The molecular formula is C10H18N2O2. The molecule has 1 heterocycles. The van der Waals surface area contributed by atoms with Crippen LogP contribution in [0.5, 0.6) is 0 Å². The van der Waals surface area contributed by atoms with Gasteiger partial charge in [0.2, 0.25) is 0 Å². The Bertz CT molecular complexity index is 228. The molecule has 4 heteroatoms. The molecule has 1 aliphatic rings. The van der Waals surface area contributed by atoms with Gasteiger partial charge < -0.3 is 10.0 Å². The van der Waals surface area contributed by atoms with Crippen LogP contribution in [0.2, 0.25) is 0 Å². The first-order chi connectivity index (χ1) is 6.59. The minimum atomic E-state index is -0.886. The van der Waals surface area contributed by atoms with Crippen LogP contribution >= 0.6 is 0 Å². The first kappa shape index (κ1) is 11.2. The summed E-state index contributed by atoms with van der Waals surface area (Å²) in [5, 5.41) is 8.70. The van der Waals surface area contributed by atoms with E-state index < -0.39 is 5.97 Å². The maximum Gasteiger partial charge on any atom is 0.332 e. The Hall–Kier alpha value is -0.870. The lowest BCUT2D eigenvalue weighted by molar-refractivity contribution is -0.132. The van der Waals surface area contributed by atoms with Gasteiger partial charge in [0.25, 0.3) is 0 Å². The molecule has 80 valence electrons. The molecular weight excluding hydrogens is 180 g/mol. The van der Waals surface area contributed by atoms with Gasteiger partial charge in [0.05, 0.1) is 0 Å². The van der Waals surface area contributed by atoms with E-state index in [9.17, 15) is 4.79 Å². The number of hydrogen-bond donors (Lipinski definition) is 1. The van der Waals surface area contributed by atoms with Gasteiger partial charge in [-0.2, -0.15) is 0 Å². The Morgan fingerprint density at radius 2 is 2.07 bits per heavy atom. The van der Waals surface area contributed by atoms with Crippen molar-refractivity contribution in [1.29, 1.82) is 0 Å². The Balaban J connectivity index is 2.37. The van der Waals surface area contributed by atoms with Crippen molar-refractivity contribution in [3.8, 4) is 0 Å². The molecule has 1 saturated heterocycles. The summed E-state index contributed by atoms with van der Waals surface area (Å²) in [6.07, 6.45) is 1.10. The number of carboxylic acids is 1. The zero-order chi connectivity index (χ0) is 10.6. The molecule has 0 amide bonds. The maximum atomic E-state index is 10.6. The molecule has 0 aromatic rings. The predicted molar refractivity (Wildman–Crippen MR) is 55.3 cm³/mol. The molecule has 0 radical (unpaired) electrons. The molecule has 0 aromatic heterocycles. The summed E-state index contributed by atoms with van der Waals surface area (Å²) in [6.45, 7) is 8.03. The van der Waals surface area contributed by atoms with Crippen LogP contribution in [0.4, 0.5) is 0 Å². The number of hydrogen-bond acceptors (Lipinski definition) is 3. The van der Waals surface area contributed by atoms with Crippen LogP contribution in [0, 0.1) is 0 Å². The van der Waals surface area contributed by atoms with Gasteiger partial charge in [-0.3, -0.25) is 4.90 Å². The highest BCUT2D eigenvalue weighted by molar-refractivity contribution is 5.86. The normalized spacial score (nSPS) is 20.4. The zero-order valence-corrected chi connectivity index (χ0v) is 8.70. The van der Waals surface area contributed by atoms with Crippen molar-refractivity contribution < 1.29 is 9.90 Å². The monoisotopic (exact) mass is 198 g/mol. The second kappa shape index (κ2) is 5.12. The Kier molecular flexibility index (Phi) is 4.10. The van der Waals surface area contributed by atoms with Crippen molar-refractivity contribution in [2.24, 2.45) is 0 Å². The lowest BCUT2D eigenvalue weighted by atomic mass is 10.2. The number of carbonyl (C=O) groups is 1. The third-order valence-electron chi connectivity index (χ3n) is 2.53. The predicted octanol–water partition coefficient (Wildman–Crippen LogP) is 0.265. The van der Waals surface area contributed by atoms with Crippen LogP contribution < -0.4 is 0 Å². The lowest BCUT2D eigenvalue weighted by Gasteiger charge is -2.19. The highest BCUT2D eigenvalue weighted by atomic mass is 16.4. The van der Waals surface area contributed by atoms with Gasteiger partial charge in [0.1, 0.15) is 0 Å². The van der Waals surface area contributed by atoms with Crippen molar-refractivity contribution in [2.75, 3.05) is 39.8 Å². The molecule has 0 bridgehead atoms. The van der Waals surface area contributed by atoms with Gasteiger partial charge in [0, 0.05) is 25.2 Å². The van der Waals surface area contributed by atoms with Crippen LogP contribution in [0.3, 0.4) is 0 Å². The summed E-state index contributed by atoms with van der Waals surface area (Å²) < 4.78 is 0. The fraction of sp³-hybridized carbons (Fsp3) is 0.700. The van der Waals surface area contributed by atoms with E-state index in [1.54, 1.807) is 0 Å². The summed E-state index contributed by atoms with van der Waals surface area (Å²) in [5.74, 6) is -0.886. The largest absolute Gasteiger partial charge is 0.478 e. The van der Waals surface area contributed by atoms with Crippen LogP contribution in [-0.4, -0.2) is 60.6 Å². The van der Waals surface area contributed by atoms with Crippen molar-refractivity contribution in [1.82, 2.24) is 9.80 Å². The highest BCUT2D eigenvalue weighted by Crippen LogP contribution is 2.03. The van der Waals surface area contributed by atoms with E-state index in [1.165, 1.54) is 0 Å². The molecule has 14 heavy (non-hydrogen) atoms. The third kappa shape index (κ3) is 3.47. The Morgan fingerprint density at radius 1 is 1.36 bits per heavy atom. The minimum Gasteiger partial charge on any atom is -0.478 e. The van der Waals surface area contributed by atoms with Crippen LogP contribution in [0.1, 0.15) is 6.42 Å². The van der Waals surface area contributed by atoms with E-state index in [2.05, 4.69) is 23.4 Å². The molecule has 0 saturated carbocycles. The van der Waals surface area contributed by atoms with Crippen LogP contribution in [-0.2, 0) is 4.79 Å². The molecule has 1 fully saturated rings. The number of likely N-dealkylation sites (N-methyl/N-ethyl adjacent to an activating group) is 1. The smallest absolute Gasteiger partial charge is 0.332 e. The molecule has 1 rings (SSSR count). The summed E-state index contributed by atoms with van der Waals surface area (Å²) in [4.78, 5) is 15.0. The Morgan fingerprint density at radius 3 is 2.71 bits per heavy atom. The van der Waals surface area contributed by atoms with E-state index in [-0.39, 0.29) is 5.57 Å². The number of aliphatic carboxylic acids is 1. The second-order valence-electron chi connectivity index (χ2n) is 3.84. The highest BCUT2D eigenvalue weighted by Gasteiger charge is 2.14. The molecule has 0 unspecified atom stereocenters. The van der Waals surface area contributed by atoms with E-state index in [4.69, 9.17) is 5.11 Å². The third-order valence-corrected chi connectivity index (χ3v) is 2.53. The van der Waals surface area contributed by atoms with Crippen molar-refractivity contribution >= 4 is 5.97 Å². The number of nitrogens with zero attached hydrogens (tertiary/aromatic N) is 2. The Labute approximate surface area is 84.8 Å². The van der Waals surface area contributed by atoms with Gasteiger partial charge in [0.15, 0.2) is 0 Å². The SMILES string of the molecule is C=C(CN1CCCN(C)CC1)C(=O)O. The fourth-order valence-corrected chi connectivity index (χ4v) is 1.60. The number of carboxylic acid groups (broad SMARTS) is 1. The molecule has 1 aliphatic heterocycles. The lowest BCUT2D eigenvalue weighted by Crippen LogP contribution is -2.31. The van der Waals surface area contributed by atoms with E-state index in [0.717, 1.165) is 32.6 Å². The van der Waals surface area contributed by atoms with E-state index in [1.807, 2.05) is 0 Å². The zero-order valence-electron chi connectivity index (χ0n) is 8.70. The van der Waals surface area contributed by atoms with Crippen molar-refractivity contribution in [2.45, 2.75) is 6.42 Å². The fourth-order valence-electron chi connectivity index (χ4n) is 1.60. The first-order valence-electron chi connectivity index (χ1n) is 4.91. The summed E-state index contributed by atoms with van der Waals surface area (Å²) >= 11 is 0. The molecule has 0 atom stereocenters.